The molecule has 0 amide bonds. The van der Waals surface area contributed by atoms with Gasteiger partial charge < -0.3 is 4.74 Å². The van der Waals surface area contributed by atoms with Crippen molar-refractivity contribution < 1.29 is 4.74 Å². The Morgan fingerprint density at radius 3 is 2.75 bits per heavy atom. The normalized spacial score (nSPS) is 18.2. The second kappa shape index (κ2) is 7.91. The molecule has 0 radical (unpaired) electrons. The average Bonchev–Trinajstić information content (AvgIpc) is 2.45. The lowest BCUT2D eigenvalue weighted by molar-refractivity contribution is 0.242. The van der Waals surface area contributed by atoms with E-state index in [1.807, 2.05) is 26.0 Å². The minimum Gasteiger partial charge on any atom is -0.491 e. The fraction of sp³-hybridized carbons (Fsp3) is 0.625. The van der Waals surface area contributed by atoms with Gasteiger partial charge in [0.2, 0.25) is 0 Å². The van der Waals surface area contributed by atoms with Crippen molar-refractivity contribution in [3.63, 3.8) is 0 Å². The van der Waals surface area contributed by atoms with Crippen LogP contribution in [0.15, 0.2) is 24.3 Å². The van der Waals surface area contributed by atoms with Gasteiger partial charge >= 0.3 is 0 Å². The van der Waals surface area contributed by atoms with Crippen LogP contribution in [0, 0.1) is 5.92 Å². The number of rotatable bonds is 6. The Morgan fingerprint density at radius 2 is 2.10 bits per heavy atom. The molecule has 0 aromatic heterocycles. The van der Waals surface area contributed by atoms with E-state index in [-0.39, 0.29) is 12.1 Å². The lowest BCUT2D eigenvalue weighted by Gasteiger charge is -2.26. The van der Waals surface area contributed by atoms with Crippen molar-refractivity contribution >= 4 is 11.8 Å². The third kappa shape index (κ3) is 4.69. The molecule has 1 heterocycles. The van der Waals surface area contributed by atoms with Gasteiger partial charge in [0.05, 0.1) is 6.10 Å². The maximum absolute atomic E-state index is 5.78. The van der Waals surface area contributed by atoms with Gasteiger partial charge in [0.15, 0.2) is 0 Å². The highest BCUT2D eigenvalue weighted by atomic mass is 32.2. The molecule has 2 rings (SSSR count). The van der Waals surface area contributed by atoms with Crippen LogP contribution in [-0.2, 0) is 0 Å². The fourth-order valence-corrected chi connectivity index (χ4v) is 3.90. The smallest absolute Gasteiger partial charge is 0.120 e. The average molecular weight is 294 g/mol. The summed E-state index contributed by atoms with van der Waals surface area (Å²) in [4.78, 5) is 0. The molecule has 1 saturated heterocycles. The minimum absolute atomic E-state index is 0.199. The molecule has 1 aliphatic heterocycles. The molecule has 3 N–H and O–H groups in total. The molecule has 0 spiro atoms. The van der Waals surface area contributed by atoms with Crippen LogP contribution in [-0.4, -0.2) is 17.6 Å². The summed E-state index contributed by atoms with van der Waals surface area (Å²) >= 11 is 2.07. The second-order valence-electron chi connectivity index (χ2n) is 5.75. The van der Waals surface area contributed by atoms with E-state index in [2.05, 4.69) is 29.3 Å². The molecule has 1 fully saturated rings. The van der Waals surface area contributed by atoms with E-state index in [1.165, 1.54) is 29.9 Å². The maximum atomic E-state index is 5.78. The first-order valence-corrected chi connectivity index (χ1v) is 8.65. The summed E-state index contributed by atoms with van der Waals surface area (Å²) < 4.78 is 5.77. The Kier molecular flexibility index (Phi) is 6.20. The minimum atomic E-state index is 0.199. The highest BCUT2D eigenvalue weighted by Gasteiger charge is 2.20. The summed E-state index contributed by atoms with van der Waals surface area (Å²) in [6.45, 7) is 4.09. The number of nitrogens with two attached hydrogens (primary N) is 1. The quantitative estimate of drug-likeness (QED) is 0.622. The van der Waals surface area contributed by atoms with Gasteiger partial charge in [0, 0.05) is 6.04 Å². The number of nitrogens with one attached hydrogen (secondary N) is 1. The largest absolute Gasteiger partial charge is 0.491 e. The number of hydrazine groups is 1. The third-order valence-electron chi connectivity index (χ3n) is 3.74. The predicted octanol–water partition coefficient (Wildman–Crippen LogP) is 3.51. The third-order valence-corrected chi connectivity index (χ3v) is 4.79. The monoisotopic (exact) mass is 294 g/mol. The van der Waals surface area contributed by atoms with Crippen molar-refractivity contribution in [3.8, 4) is 5.75 Å². The van der Waals surface area contributed by atoms with Crippen LogP contribution in [0.5, 0.6) is 5.75 Å². The molecule has 1 unspecified atom stereocenters. The Hall–Kier alpha value is -0.710. The highest BCUT2D eigenvalue weighted by molar-refractivity contribution is 7.99. The zero-order chi connectivity index (χ0) is 14.4. The van der Waals surface area contributed by atoms with Crippen molar-refractivity contribution in [3.05, 3.63) is 29.8 Å². The van der Waals surface area contributed by atoms with E-state index in [0.29, 0.717) is 0 Å². The van der Waals surface area contributed by atoms with Crippen LogP contribution in [0.2, 0.25) is 0 Å². The molecule has 0 aliphatic carbocycles. The van der Waals surface area contributed by atoms with Gasteiger partial charge in [-0.2, -0.15) is 11.8 Å². The van der Waals surface area contributed by atoms with Crippen molar-refractivity contribution in [2.45, 2.75) is 45.3 Å². The first-order chi connectivity index (χ1) is 9.69. The van der Waals surface area contributed by atoms with E-state index < -0.39 is 0 Å². The molecule has 1 aliphatic rings. The van der Waals surface area contributed by atoms with E-state index in [4.69, 9.17) is 10.6 Å². The van der Waals surface area contributed by atoms with Crippen LogP contribution in [0.4, 0.5) is 0 Å². The highest BCUT2D eigenvalue weighted by Crippen LogP contribution is 2.31. The first kappa shape index (κ1) is 15.7. The summed E-state index contributed by atoms with van der Waals surface area (Å²) in [5.74, 6) is 10.1. The van der Waals surface area contributed by atoms with Gasteiger partial charge in [0.25, 0.3) is 0 Å². The van der Waals surface area contributed by atoms with E-state index in [0.717, 1.165) is 18.1 Å². The number of ether oxygens (including phenoxy) is 1. The standard InChI is InChI=1S/C16H26N2OS/c1-12(2)19-15-5-3-4-14(11-15)16(18-17)10-13-6-8-20-9-7-13/h3-5,11-13,16,18H,6-10,17H2,1-2H3. The predicted molar refractivity (Wildman–Crippen MR) is 86.9 cm³/mol. The summed E-state index contributed by atoms with van der Waals surface area (Å²) in [6, 6.07) is 8.53. The van der Waals surface area contributed by atoms with Gasteiger partial charge in [-0.05, 0) is 68.2 Å². The van der Waals surface area contributed by atoms with Crippen LogP contribution >= 0.6 is 11.8 Å². The summed E-state index contributed by atoms with van der Waals surface area (Å²) in [7, 11) is 0. The topological polar surface area (TPSA) is 47.3 Å². The summed E-state index contributed by atoms with van der Waals surface area (Å²) in [5.41, 5.74) is 4.21. The molecule has 1 aromatic rings. The summed E-state index contributed by atoms with van der Waals surface area (Å²) in [6.07, 6.45) is 3.93. The van der Waals surface area contributed by atoms with Crippen LogP contribution in [0.25, 0.3) is 0 Å². The second-order valence-corrected chi connectivity index (χ2v) is 6.97. The molecule has 0 saturated carbocycles. The Balaban J connectivity index is 2.02. The van der Waals surface area contributed by atoms with Gasteiger partial charge in [-0.1, -0.05) is 12.1 Å². The van der Waals surface area contributed by atoms with Gasteiger partial charge in [-0.25, -0.2) is 0 Å². The lowest BCUT2D eigenvalue weighted by atomic mass is 9.91. The number of hydrogen-bond acceptors (Lipinski definition) is 4. The first-order valence-electron chi connectivity index (χ1n) is 7.49. The van der Waals surface area contributed by atoms with Crippen molar-refractivity contribution in [1.82, 2.24) is 5.43 Å². The molecule has 0 bridgehead atoms. The van der Waals surface area contributed by atoms with Crippen molar-refractivity contribution in [2.75, 3.05) is 11.5 Å². The SMILES string of the molecule is CC(C)Oc1cccc(C(CC2CCSCC2)NN)c1. The maximum Gasteiger partial charge on any atom is 0.120 e. The van der Waals surface area contributed by atoms with Crippen LogP contribution in [0.3, 0.4) is 0 Å². The van der Waals surface area contributed by atoms with Gasteiger partial charge in [-0.3, -0.25) is 11.3 Å². The fourth-order valence-electron chi connectivity index (χ4n) is 2.69. The van der Waals surface area contributed by atoms with E-state index >= 15 is 0 Å². The molecule has 20 heavy (non-hydrogen) atoms. The number of hydrogen-bond donors (Lipinski definition) is 2. The van der Waals surface area contributed by atoms with Crippen molar-refractivity contribution in [1.29, 1.82) is 0 Å². The van der Waals surface area contributed by atoms with Gasteiger partial charge in [0.1, 0.15) is 5.75 Å². The van der Waals surface area contributed by atoms with Crippen molar-refractivity contribution in [2.24, 2.45) is 11.8 Å². The molecule has 1 aromatic carbocycles. The molecule has 3 nitrogen and oxygen atoms in total. The zero-order valence-corrected chi connectivity index (χ0v) is 13.3. The Labute approximate surface area is 126 Å². The Bertz CT molecular complexity index is 405. The van der Waals surface area contributed by atoms with Gasteiger partial charge in [-0.15, -0.1) is 0 Å². The number of benzene rings is 1. The molecule has 1 atom stereocenters. The van der Waals surface area contributed by atoms with Crippen LogP contribution in [0.1, 0.15) is 44.7 Å². The van der Waals surface area contributed by atoms with E-state index in [9.17, 15) is 0 Å². The Morgan fingerprint density at radius 1 is 1.35 bits per heavy atom. The summed E-state index contributed by atoms with van der Waals surface area (Å²) in [5, 5.41) is 0. The van der Waals surface area contributed by atoms with E-state index in [1.54, 1.807) is 0 Å². The molecular formula is C16H26N2OS. The molecular weight excluding hydrogens is 268 g/mol. The van der Waals surface area contributed by atoms with Crippen LogP contribution < -0.4 is 16.0 Å². The lowest BCUT2D eigenvalue weighted by Crippen LogP contribution is -2.30. The number of thioether (sulfide) groups is 1. The zero-order valence-electron chi connectivity index (χ0n) is 12.5. The molecule has 112 valence electrons. The molecule has 4 heteroatoms.